The third kappa shape index (κ3) is 6.06. The van der Waals surface area contributed by atoms with Crippen molar-refractivity contribution in [2.24, 2.45) is 0 Å². The Morgan fingerprint density at radius 1 is 0.641 bits per heavy atom. The minimum atomic E-state index is 0.478. The number of aryl methyl sites for hydroxylation is 1. The summed E-state index contributed by atoms with van der Waals surface area (Å²) >= 11 is 0. The van der Waals surface area contributed by atoms with E-state index in [-0.39, 0.29) is 0 Å². The Morgan fingerprint density at radius 2 is 1.15 bits per heavy atom. The van der Waals surface area contributed by atoms with Crippen LogP contribution in [0.2, 0.25) is 0 Å². The van der Waals surface area contributed by atoms with Crippen LogP contribution in [0.25, 0.3) is 33.0 Å². The van der Waals surface area contributed by atoms with Crippen molar-refractivity contribution >= 4 is 44.7 Å². The molecule has 3 heterocycles. The van der Waals surface area contributed by atoms with Gasteiger partial charge in [0, 0.05) is 5.39 Å². The standard InChI is InChI=1S/C11H14N2.2C10H13N3/c1-7(2)9-5-4-6-10-11(9)13-8(3)12-10;1-6(2)7-4-3-5-8-9(7)13-10(11)12-8;1-6(2)7-4-3-5-8-9(7)12-13-10(8)11/h4-7H,1-3H3,(H,12,13);2*3-6H,1-2H3,(H3,11,12,13). The van der Waals surface area contributed by atoms with E-state index in [9.17, 15) is 0 Å². The molecule has 0 atom stereocenters. The number of para-hydroxylation sites is 3. The number of anilines is 2. The Labute approximate surface area is 229 Å². The van der Waals surface area contributed by atoms with Crippen molar-refractivity contribution in [2.75, 3.05) is 11.5 Å². The molecule has 0 aliphatic rings. The first-order chi connectivity index (χ1) is 18.6. The molecular formula is C31H40N8. The fourth-order valence-corrected chi connectivity index (χ4v) is 4.75. The van der Waals surface area contributed by atoms with Gasteiger partial charge in [-0.1, -0.05) is 77.9 Å². The number of hydrogen-bond donors (Lipinski definition) is 5. The molecule has 0 aliphatic heterocycles. The first-order valence-electron chi connectivity index (χ1n) is 13.5. The fraction of sp³-hybridized carbons (Fsp3) is 0.323. The zero-order valence-electron chi connectivity index (χ0n) is 23.9. The normalized spacial score (nSPS) is 11.3. The molecule has 6 aromatic rings. The summed E-state index contributed by atoms with van der Waals surface area (Å²) in [7, 11) is 0. The summed E-state index contributed by atoms with van der Waals surface area (Å²) in [6, 6.07) is 18.5. The fourth-order valence-electron chi connectivity index (χ4n) is 4.75. The number of H-pyrrole nitrogens is 3. The summed E-state index contributed by atoms with van der Waals surface area (Å²) in [4.78, 5) is 15.0. The molecule has 3 aromatic heterocycles. The number of imidazole rings is 2. The lowest BCUT2D eigenvalue weighted by molar-refractivity contribution is 0.871. The number of nitrogens with zero attached hydrogens (tertiary/aromatic N) is 3. The van der Waals surface area contributed by atoms with E-state index in [1.54, 1.807) is 0 Å². The summed E-state index contributed by atoms with van der Waals surface area (Å²) < 4.78 is 0. The highest BCUT2D eigenvalue weighted by molar-refractivity contribution is 5.91. The predicted molar refractivity (Wildman–Crippen MR) is 164 cm³/mol. The minimum Gasteiger partial charge on any atom is -0.382 e. The monoisotopic (exact) mass is 524 g/mol. The number of hydrogen-bond acceptors (Lipinski definition) is 5. The van der Waals surface area contributed by atoms with E-state index >= 15 is 0 Å². The highest BCUT2D eigenvalue weighted by Crippen LogP contribution is 2.27. The van der Waals surface area contributed by atoms with Gasteiger partial charge >= 0.3 is 0 Å². The average Bonchev–Trinajstić information content (AvgIpc) is 3.58. The molecule has 0 spiro atoms. The summed E-state index contributed by atoms with van der Waals surface area (Å²) in [5, 5.41) is 7.97. The van der Waals surface area contributed by atoms with Gasteiger partial charge in [-0.15, -0.1) is 0 Å². The minimum absolute atomic E-state index is 0.478. The van der Waals surface area contributed by atoms with Crippen molar-refractivity contribution in [3.63, 3.8) is 0 Å². The molecular weight excluding hydrogens is 484 g/mol. The molecule has 39 heavy (non-hydrogen) atoms. The molecule has 0 saturated heterocycles. The Morgan fingerprint density at radius 3 is 1.74 bits per heavy atom. The third-order valence-corrected chi connectivity index (χ3v) is 6.75. The molecule has 0 bridgehead atoms. The van der Waals surface area contributed by atoms with Gasteiger partial charge in [0.25, 0.3) is 0 Å². The number of nitrogens with one attached hydrogen (secondary N) is 3. The van der Waals surface area contributed by atoms with Gasteiger partial charge in [-0.2, -0.15) is 5.10 Å². The molecule has 8 nitrogen and oxygen atoms in total. The van der Waals surface area contributed by atoms with Crippen molar-refractivity contribution in [3.8, 4) is 0 Å². The highest BCUT2D eigenvalue weighted by Gasteiger charge is 2.10. The summed E-state index contributed by atoms with van der Waals surface area (Å²) in [6.45, 7) is 15.0. The van der Waals surface area contributed by atoms with Crippen molar-refractivity contribution in [2.45, 2.75) is 66.2 Å². The largest absolute Gasteiger partial charge is 0.382 e. The lowest BCUT2D eigenvalue weighted by Crippen LogP contribution is -1.89. The van der Waals surface area contributed by atoms with Crippen molar-refractivity contribution < 1.29 is 0 Å². The Kier molecular flexibility index (Phi) is 8.24. The van der Waals surface area contributed by atoms with E-state index in [2.05, 4.69) is 102 Å². The molecule has 0 radical (unpaired) electrons. The van der Waals surface area contributed by atoms with E-state index < -0.39 is 0 Å². The van der Waals surface area contributed by atoms with Crippen molar-refractivity contribution in [1.82, 2.24) is 30.1 Å². The maximum absolute atomic E-state index is 5.70. The topological polar surface area (TPSA) is 138 Å². The summed E-state index contributed by atoms with van der Waals surface area (Å²) in [5.41, 5.74) is 20.5. The van der Waals surface area contributed by atoms with Crippen LogP contribution < -0.4 is 11.5 Å². The second-order valence-electron chi connectivity index (χ2n) is 10.8. The maximum atomic E-state index is 5.70. The highest BCUT2D eigenvalue weighted by atomic mass is 15.2. The number of rotatable bonds is 3. The Balaban J connectivity index is 0.000000136. The van der Waals surface area contributed by atoms with Crippen LogP contribution >= 0.6 is 0 Å². The first-order valence-corrected chi connectivity index (χ1v) is 13.5. The van der Waals surface area contributed by atoms with Crippen LogP contribution in [0, 0.1) is 6.92 Å². The number of benzene rings is 3. The van der Waals surface area contributed by atoms with Crippen LogP contribution in [0.4, 0.5) is 11.8 Å². The van der Waals surface area contributed by atoms with Crippen LogP contribution in [0.15, 0.2) is 54.6 Å². The van der Waals surface area contributed by atoms with Crippen molar-refractivity contribution in [3.05, 3.63) is 77.1 Å². The van der Waals surface area contributed by atoms with Gasteiger partial charge in [0.15, 0.2) is 11.8 Å². The number of nitrogens with two attached hydrogens (primary N) is 2. The second-order valence-corrected chi connectivity index (χ2v) is 10.8. The molecule has 0 amide bonds. The van der Waals surface area contributed by atoms with Gasteiger partial charge in [-0.25, -0.2) is 9.97 Å². The van der Waals surface area contributed by atoms with E-state index in [4.69, 9.17) is 11.5 Å². The molecule has 8 heteroatoms. The van der Waals surface area contributed by atoms with Crippen molar-refractivity contribution in [1.29, 1.82) is 0 Å². The van der Waals surface area contributed by atoms with E-state index in [1.165, 1.54) is 16.7 Å². The predicted octanol–water partition coefficient (Wildman–Crippen LogP) is 7.53. The molecule has 0 fully saturated rings. The number of aromatic amines is 3. The van der Waals surface area contributed by atoms with E-state index in [1.807, 2.05) is 31.2 Å². The zero-order chi connectivity index (χ0) is 28.3. The van der Waals surface area contributed by atoms with Crippen LogP contribution in [0.3, 0.4) is 0 Å². The first kappa shape index (κ1) is 27.7. The summed E-state index contributed by atoms with van der Waals surface area (Å²) in [5.74, 6) is 3.56. The van der Waals surface area contributed by atoms with Crippen LogP contribution in [-0.2, 0) is 0 Å². The third-order valence-electron chi connectivity index (χ3n) is 6.75. The number of nitrogen functional groups attached to an aromatic ring is 2. The van der Waals surface area contributed by atoms with E-state index in [0.717, 1.165) is 38.8 Å². The zero-order valence-corrected chi connectivity index (χ0v) is 23.9. The van der Waals surface area contributed by atoms with Gasteiger partial charge < -0.3 is 21.4 Å². The quantitative estimate of drug-likeness (QED) is 0.163. The molecule has 0 saturated carbocycles. The van der Waals surface area contributed by atoms with Crippen LogP contribution in [0.1, 0.15) is 81.8 Å². The SMILES string of the molecule is CC(C)c1cccc2[nH]c(N)nc12.CC(C)c1cccc2c(N)n[nH]c12.Cc1nc2c(C(C)C)cccc2[nH]1. The van der Waals surface area contributed by atoms with Gasteiger partial charge in [-0.05, 0) is 59.6 Å². The molecule has 0 aliphatic carbocycles. The smallest absolute Gasteiger partial charge is 0.198 e. The lowest BCUT2D eigenvalue weighted by Gasteiger charge is -2.05. The second kappa shape index (κ2) is 11.6. The molecule has 6 rings (SSSR count). The summed E-state index contributed by atoms with van der Waals surface area (Å²) in [6.07, 6.45) is 0. The van der Waals surface area contributed by atoms with Gasteiger partial charge in [0.05, 0.1) is 27.6 Å². The molecule has 204 valence electrons. The molecule has 0 unspecified atom stereocenters. The lowest BCUT2D eigenvalue weighted by atomic mass is 10.0. The molecule has 7 N–H and O–H groups in total. The van der Waals surface area contributed by atoms with E-state index in [0.29, 0.717) is 29.5 Å². The molecule has 3 aromatic carbocycles. The van der Waals surface area contributed by atoms with Gasteiger partial charge in [0.2, 0.25) is 0 Å². The number of aromatic nitrogens is 6. The van der Waals surface area contributed by atoms with Gasteiger partial charge in [-0.3, -0.25) is 5.10 Å². The average molecular weight is 525 g/mol. The maximum Gasteiger partial charge on any atom is 0.198 e. The van der Waals surface area contributed by atoms with Gasteiger partial charge in [0.1, 0.15) is 5.82 Å². The van der Waals surface area contributed by atoms with Crippen LogP contribution in [-0.4, -0.2) is 30.1 Å². The number of fused-ring (bicyclic) bond motifs is 3. The Hall–Kier alpha value is -4.33. The van der Waals surface area contributed by atoms with Crippen LogP contribution in [0.5, 0.6) is 0 Å². The Bertz CT molecular complexity index is 1570.